The van der Waals surface area contributed by atoms with E-state index in [4.69, 9.17) is 4.98 Å². The zero-order valence-electron chi connectivity index (χ0n) is 12.6. The number of rotatable bonds is 8. The Kier molecular flexibility index (Phi) is 5.22. The van der Waals surface area contributed by atoms with Gasteiger partial charge in [-0.3, -0.25) is 0 Å². The van der Waals surface area contributed by atoms with Crippen molar-refractivity contribution in [3.63, 3.8) is 0 Å². The summed E-state index contributed by atoms with van der Waals surface area (Å²) in [6.07, 6.45) is 3.85. The fourth-order valence-electron chi connectivity index (χ4n) is 2.24. The molecule has 0 bridgehead atoms. The van der Waals surface area contributed by atoms with E-state index < -0.39 is 0 Å². The van der Waals surface area contributed by atoms with Crippen molar-refractivity contribution < 1.29 is 0 Å². The Bertz CT molecular complexity index is 384. The van der Waals surface area contributed by atoms with Crippen LogP contribution in [0.2, 0.25) is 0 Å². The van der Waals surface area contributed by atoms with Crippen molar-refractivity contribution in [2.24, 2.45) is 5.92 Å². The van der Waals surface area contributed by atoms with Gasteiger partial charge in [-0.05, 0) is 38.6 Å². The number of nitrogens with zero attached hydrogens (tertiary/aromatic N) is 2. The van der Waals surface area contributed by atoms with E-state index in [1.807, 2.05) is 0 Å². The molecule has 1 aliphatic rings. The molecule has 0 radical (unpaired) electrons. The maximum atomic E-state index is 4.86. The van der Waals surface area contributed by atoms with E-state index in [-0.39, 0.29) is 0 Å². The predicted molar refractivity (Wildman–Crippen MR) is 84.0 cm³/mol. The van der Waals surface area contributed by atoms with Crippen LogP contribution < -0.4 is 10.2 Å². The second kappa shape index (κ2) is 6.71. The summed E-state index contributed by atoms with van der Waals surface area (Å²) in [5.41, 5.74) is 1.20. The maximum Gasteiger partial charge on any atom is 0.185 e. The van der Waals surface area contributed by atoms with E-state index in [1.54, 1.807) is 11.3 Å². The molecule has 0 aliphatic heterocycles. The third-order valence-electron chi connectivity index (χ3n) is 3.45. The van der Waals surface area contributed by atoms with Crippen LogP contribution in [0.5, 0.6) is 0 Å². The summed E-state index contributed by atoms with van der Waals surface area (Å²) in [4.78, 5) is 7.38. The Balaban J connectivity index is 2.01. The molecule has 1 aliphatic carbocycles. The quantitative estimate of drug-likeness (QED) is 0.785. The first-order chi connectivity index (χ1) is 9.11. The van der Waals surface area contributed by atoms with E-state index in [0.29, 0.717) is 12.0 Å². The minimum atomic E-state index is 0.366. The molecular weight excluding hydrogens is 254 g/mol. The molecule has 3 nitrogen and oxygen atoms in total. The molecule has 1 saturated carbocycles. The molecular formula is C15H27N3S. The topological polar surface area (TPSA) is 28.2 Å². The Morgan fingerprint density at radius 1 is 1.42 bits per heavy atom. The van der Waals surface area contributed by atoms with Crippen LogP contribution in [0.1, 0.15) is 58.7 Å². The van der Waals surface area contributed by atoms with Gasteiger partial charge < -0.3 is 10.2 Å². The molecule has 1 heterocycles. The maximum absolute atomic E-state index is 4.86. The van der Waals surface area contributed by atoms with Gasteiger partial charge in [-0.25, -0.2) is 4.98 Å². The minimum absolute atomic E-state index is 0.366. The lowest BCUT2D eigenvalue weighted by molar-refractivity contribution is 0.558. The summed E-state index contributed by atoms with van der Waals surface area (Å²) in [6.45, 7) is 11.2. The van der Waals surface area contributed by atoms with E-state index in [9.17, 15) is 0 Å². The summed E-state index contributed by atoms with van der Waals surface area (Å²) in [7, 11) is 0. The molecule has 1 fully saturated rings. The highest BCUT2D eigenvalue weighted by Gasteiger charge is 2.31. The van der Waals surface area contributed by atoms with Gasteiger partial charge in [0.2, 0.25) is 0 Å². The van der Waals surface area contributed by atoms with Gasteiger partial charge in [-0.1, -0.05) is 20.8 Å². The molecule has 0 aromatic carbocycles. The lowest BCUT2D eigenvalue weighted by Gasteiger charge is -2.23. The molecule has 0 amide bonds. The lowest BCUT2D eigenvalue weighted by Crippen LogP contribution is -2.29. The second-order valence-electron chi connectivity index (χ2n) is 6.01. The average Bonchev–Trinajstić information content (AvgIpc) is 3.09. The minimum Gasteiger partial charge on any atom is -0.345 e. The first kappa shape index (κ1) is 14.8. The van der Waals surface area contributed by atoms with Crippen LogP contribution in [0, 0.1) is 5.92 Å². The van der Waals surface area contributed by atoms with Crippen LogP contribution in [0.15, 0.2) is 5.38 Å². The first-order valence-electron chi connectivity index (χ1n) is 7.57. The van der Waals surface area contributed by atoms with Crippen molar-refractivity contribution in [1.29, 1.82) is 0 Å². The summed E-state index contributed by atoms with van der Waals surface area (Å²) in [5.74, 6) is 0.698. The zero-order valence-corrected chi connectivity index (χ0v) is 13.5. The van der Waals surface area contributed by atoms with Crippen molar-refractivity contribution in [3.05, 3.63) is 11.1 Å². The van der Waals surface area contributed by atoms with Gasteiger partial charge in [0, 0.05) is 24.0 Å². The van der Waals surface area contributed by atoms with Gasteiger partial charge in [-0.2, -0.15) is 0 Å². The predicted octanol–water partition coefficient (Wildman–Crippen LogP) is 3.83. The second-order valence-corrected chi connectivity index (χ2v) is 6.84. The number of thiazole rings is 1. The molecule has 1 N–H and O–H groups in total. The highest BCUT2D eigenvalue weighted by molar-refractivity contribution is 7.13. The van der Waals surface area contributed by atoms with Gasteiger partial charge in [0.25, 0.3) is 0 Å². The molecule has 0 spiro atoms. The van der Waals surface area contributed by atoms with E-state index >= 15 is 0 Å². The molecule has 1 aromatic rings. The van der Waals surface area contributed by atoms with Crippen LogP contribution in [-0.2, 0) is 0 Å². The molecule has 1 aromatic heterocycles. The Morgan fingerprint density at radius 2 is 2.16 bits per heavy atom. The third kappa shape index (κ3) is 4.18. The standard InChI is InChI=1S/C15H27N3S/c1-5-8-16-12(4)14-10-19-15(17-14)18(9-11(2)3)13-6-7-13/h10-13,16H,5-9H2,1-4H3. The Hall–Kier alpha value is -0.610. The summed E-state index contributed by atoms with van der Waals surface area (Å²) >= 11 is 1.80. The van der Waals surface area contributed by atoms with Gasteiger partial charge >= 0.3 is 0 Å². The Labute approximate surface area is 121 Å². The van der Waals surface area contributed by atoms with E-state index in [1.165, 1.54) is 30.1 Å². The normalized spacial score (nSPS) is 16.9. The SMILES string of the molecule is CCCNC(C)c1csc(N(CC(C)C)C2CC2)n1. The molecule has 19 heavy (non-hydrogen) atoms. The molecule has 1 unspecified atom stereocenters. The van der Waals surface area contributed by atoms with Crippen molar-refractivity contribution in [2.75, 3.05) is 18.0 Å². The fourth-order valence-corrected chi connectivity index (χ4v) is 3.24. The highest BCUT2D eigenvalue weighted by Crippen LogP contribution is 2.34. The number of hydrogen-bond donors (Lipinski definition) is 1. The van der Waals surface area contributed by atoms with Crippen molar-refractivity contribution in [1.82, 2.24) is 10.3 Å². The molecule has 2 rings (SSSR count). The molecule has 0 saturated heterocycles. The fraction of sp³-hybridized carbons (Fsp3) is 0.800. The van der Waals surface area contributed by atoms with E-state index in [2.05, 4.69) is 43.3 Å². The van der Waals surface area contributed by atoms with E-state index in [0.717, 1.165) is 19.1 Å². The Morgan fingerprint density at radius 3 is 2.74 bits per heavy atom. The largest absolute Gasteiger partial charge is 0.345 e. The molecule has 4 heteroatoms. The van der Waals surface area contributed by atoms with Crippen LogP contribution in [0.3, 0.4) is 0 Å². The first-order valence-corrected chi connectivity index (χ1v) is 8.45. The summed E-state index contributed by atoms with van der Waals surface area (Å²) in [5, 5.41) is 6.95. The van der Waals surface area contributed by atoms with Crippen molar-refractivity contribution in [2.45, 2.75) is 59.0 Å². The van der Waals surface area contributed by atoms with Crippen molar-refractivity contribution >= 4 is 16.5 Å². The third-order valence-corrected chi connectivity index (χ3v) is 4.35. The van der Waals surface area contributed by atoms with Crippen molar-refractivity contribution in [3.8, 4) is 0 Å². The molecule has 108 valence electrons. The number of anilines is 1. The van der Waals surface area contributed by atoms with Crippen LogP contribution in [0.4, 0.5) is 5.13 Å². The van der Waals surface area contributed by atoms with Gasteiger partial charge in [0.1, 0.15) is 0 Å². The smallest absolute Gasteiger partial charge is 0.185 e. The highest BCUT2D eigenvalue weighted by atomic mass is 32.1. The summed E-state index contributed by atoms with van der Waals surface area (Å²) < 4.78 is 0. The number of hydrogen-bond acceptors (Lipinski definition) is 4. The van der Waals surface area contributed by atoms with Crippen LogP contribution in [-0.4, -0.2) is 24.1 Å². The van der Waals surface area contributed by atoms with Crippen LogP contribution >= 0.6 is 11.3 Å². The number of aromatic nitrogens is 1. The monoisotopic (exact) mass is 281 g/mol. The van der Waals surface area contributed by atoms with Gasteiger partial charge in [0.15, 0.2) is 5.13 Å². The van der Waals surface area contributed by atoms with Crippen LogP contribution in [0.25, 0.3) is 0 Å². The average molecular weight is 281 g/mol. The number of nitrogens with one attached hydrogen (secondary N) is 1. The lowest BCUT2D eigenvalue weighted by atomic mass is 10.2. The zero-order chi connectivity index (χ0) is 13.8. The molecule has 1 atom stereocenters. The van der Waals surface area contributed by atoms with Gasteiger partial charge in [-0.15, -0.1) is 11.3 Å². The summed E-state index contributed by atoms with van der Waals surface area (Å²) in [6, 6.07) is 1.12. The van der Waals surface area contributed by atoms with Gasteiger partial charge in [0.05, 0.1) is 5.69 Å².